The highest BCUT2D eigenvalue weighted by Gasteiger charge is 2.13. The quantitative estimate of drug-likeness (QED) is 0.512. The summed E-state index contributed by atoms with van der Waals surface area (Å²) in [5, 5.41) is 3.88. The second-order valence-electron chi connectivity index (χ2n) is 4.82. The van der Waals surface area contributed by atoms with Crippen LogP contribution in [0.2, 0.25) is 10.0 Å². The summed E-state index contributed by atoms with van der Waals surface area (Å²) in [7, 11) is -3.18. The van der Waals surface area contributed by atoms with Crippen LogP contribution in [0.5, 0.6) is 0 Å². The van der Waals surface area contributed by atoms with E-state index in [4.69, 9.17) is 23.2 Å². The molecule has 0 spiro atoms. The van der Waals surface area contributed by atoms with Crippen molar-refractivity contribution in [3.63, 3.8) is 0 Å². The number of thioether (sulfide) groups is 1. The van der Waals surface area contributed by atoms with E-state index in [9.17, 15) is 13.2 Å². The van der Waals surface area contributed by atoms with E-state index >= 15 is 0 Å². The van der Waals surface area contributed by atoms with Gasteiger partial charge in [-0.2, -0.15) is 0 Å². The summed E-state index contributed by atoms with van der Waals surface area (Å²) >= 11 is 13.2. The molecule has 0 aliphatic heterocycles. The van der Waals surface area contributed by atoms with Crippen molar-refractivity contribution in [1.82, 2.24) is 9.62 Å². The van der Waals surface area contributed by atoms with Gasteiger partial charge in [-0.25, -0.2) is 12.7 Å². The van der Waals surface area contributed by atoms with Gasteiger partial charge in [-0.1, -0.05) is 30.1 Å². The van der Waals surface area contributed by atoms with E-state index in [0.29, 0.717) is 36.1 Å². The zero-order valence-corrected chi connectivity index (χ0v) is 16.2. The molecule has 0 atom stereocenters. The predicted octanol–water partition coefficient (Wildman–Crippen LogP) is 2.87. The summed E-state index contributed by atoms with van der Waals surface area (Å²) in [4.78, 5) is 12.5. The Morgan fingerprint density at radius 2 is 2.04 bits per heavy atom. The number of hydrogen-bond acceptors (Lipinski definition) is 4. The van der Waals surface area contributed by atoms with E-state index in [0.717, 1.165) is 4.90 Å². The maximum Gasteiger partial charge on any atom is 0.230 e. The lowest BCUT2D eigenvalue weighted by Crippen LogP contribution is -2.33. The Bertz CT molecular complexity index is 639. The van der Waals surface area contributed by atoms with Crippen molar-refractivity contribution < 1.29 is 13.2 Å². The molecule has 0 aromatic heterocycles. The third-order valence-corrected chi connectivity index (χ3v) is 6.09. The highest BCUT2D eigenvalue weighted by molar-refractivity contribution is 8.00. The largest absolute Gasteiger partial charge is 0.355 e. The number of hydrogen-bond donors (Lipinski definition) is 1. The molecule has 9 heteroatoms. The van der Waals surface area contributed by atoms with Crippen molar-refractivity contribution in [2.45, 2.75) is 18.2 Å². The maximum atomic E-state index is 11.8. The summed E-state index contributed by atoms with van der Waals surface area (Å²) in [6, 6.07) is 5.09. The van der Waals surface area contributed by atoms with Crippen LogP contribution in [-0.2, 0) is 14.8 Å². The second-order valence-corrected chi connectivity index (χ2v) is 8.66. The molecule has 0 saturated carbocycles. The van der Waals surface area contributed by atoms with Crippen LogP contribution in [-0.4, -0.2) is 50.3 Å². The lowest BCUT2D eigenvalue weighted by molar-refractivity contribution is -0.118. The molecule has 1 rings (SSSR count). The molecule has 0 bridgehead atoms. The summed E-state index contributed by atoms with van der Waals surface area (Å²) in [5.41, 5.74) is 0. The first-order chi connectivity index (χ1) is 10.7. The first-order valence-electron chi connectivity index (χ1n) is 7.03. The summed E-state index contributed by atoms with van der Waals surface area (Å²) in [5.74, 6) is 0.0948. The van der Waals surface area contributed by atoms with Crippen LogP contribution >= 0.6 is 35.0 Å². The topological polar surface area (TPSA) is 66.5 Å². The van der Waals surface area contributed by atoms with Gasteiger partial charge in [0, 0.05) is 29.6 Å². The average molecular weight is 399 g/mol. The Labute approximate surface area is 151 Å². The number of benzene rings is 1. The summed E-state index contributed by atoms with van der Waals surface area (Å²) in [6.07, 6.45) is 1.75. The Hall–Kier alpha value is -0.470. The maximum absolute atomic E-state index is 11.8. The van der Waals surface area contributed by atoms with E-state index in [1.807, 2.05) is 0 Å². The van der Waals surface area contributed by atoms with Crippen LogP contribution in [0.4, 0.5) is 0 Å². The molecule has 1 amide bonds. The molecule has 0 heterocycles. The molecule has 0 fully saturated rings. The SMILES string of the molecule is CCN(CCCNC(=O)CSc1cc(Cl)ccc1Cl)S(C)(=O)=O. The first kappa shape index (κ1) is 20.6. The molecular formula is C14H20Cl2N2O3S2. The van der Waals surface area contributed by atoms with Crippen molar-refractivity contribution in [3.8, 4) is 0 Å². The van der Waals surface area contributed by atoms with Gasteiger partial charge in [-0.05, 0) is 24.6 Å². The van der Waals surface area contributed by atoms with Crippen LogP contribution in [0.15, 0.2) is 23.1 Å². The highest BCUT2D eigenvalue weighted by Crippen LogP contribution is 2.29. The van der Waals surface area contributed by atoms with Crippen LogP contribution in [0.25, 0.3) is 0 Å². The van der Waals surface area contributed by atoms with Gasteiger partial charge in [-0.3, -0.25) is 4.79 Å². The molecule has 0 saturated heterocycles. The number of carbonyl (C=O) groups is 1. The van der Waals surface area contributed by atoms with E-state index < -0.39 is 10.0 Å². The molecule has 0 unspecified atom stereocenters. The van der Waals surface area contributed by atoms with Crippen LogP contribution in [0, 0.1) is 0 Å². The van der Waals surface area contributed by atoms with E-state index in [1.165, 1.54) is 22.3 Å². The van der Waals surface area contributed by atoms with Crippen molar-refractivity contribution in [1.29, 1.82) is 0 Å². The Morgan fingerprint density at radius 1 is 1.35 bits per heavy atom. The van der Waals surface area contributed by atoms with Gasteiger partial charge in [0.1, 0.15) is 0 Å². The average Bonchev–Trinajstić information content (AvgIpc) is 2.46. The minimum absolute atomic E-state index is 0.131. The van der Waals surface area contributed by atoms with Gasteiger partial charge in [0.05, 0.1) is 17.0 Å². The Kier molecular flexibility index (Phi) is 8.71. The number of carbonyl (C=O) groups excluding carboxylic acids is 1. The van der Waals surface area contributed by atoms with Gasteiger partial charge in [-0.15, -0.1) is 11.8 Å². The molecule has 1 N–H and O–H groups in total. The lowest BCUT2D eigenvalue weighted by Gasteiger charge is -2.17. The standard InChI is InChI=1S/C14H20Cl2N2O3S2/c1-3-18(23(2,20)21)8-4-7-17-14(19)10-22-13-9-11(15)5-6-12(13)16/h5-6,9H,3-4,7-8,10H2,1-2H3,(H,17,19). The van der Waals surface area contributed by atoms with Crippen molar-refractivity contribution in [2.75, 3.05) is 31.6 Å². The molecular weight excluding hydrogens is 379 g/mol. The smallest absolute Gasteiger partial charge is 0.230 e. The third-order valence-electron chi connectivity index (χ3n) is 2.98. The Balaban J connectivity index is 2.31. The minimum atomic E-state index is -3.18. The molecule has 130 valence electrons. The molecule has 0 radical (unpaired) electrons. The fourth-order valence-electron chi connectivity index (χ4n) is 1.82. The molecule has 0 aliphatic carbocycles. The molecule has 23 heavy (non-hydrogen) atoms. The normalized spacial score (nSPS) is 11.7. The first-order valence-corrected chi connectivity index (χ1v) is 10.6. The zero-order chi connectivity index (χ0) is 17.5. The van der Waals surface area contributed by atoms with Crippen LogP contribution in [0.1, 0.15) is 13.3 Å². The third kappa shape index (κ3) is 7.76. The molecule has 1 aromatic rings. The Morgan fingerprint density at radius 3 is 2.65 bits per heavy atom. The number of halogens is 2. The highest BCUT2D eigenvalue weighted by atomic mass is 35.5. The van der Waals surface area contributed by atoms with E-state index in [-0.39, 0.29) is 11.7 Å². The predicted molar refractivity (Wildman–Crippen MR) is 96.9 cm³/mol. The fraction of sp³-hybridized carbons (Fsp3) is 0.500. The summed E-state index contributed by atoms with van der Waals surface area (Å²) in [6.45, 7) is 3.03. The summed E-state index contributed by atoms with van der Waals surface area (Å²) < 4.78 is 24.2. The number of rotatable bonds is 9. The monoisotopic (exact) mass is 398 g/mol. The molecule has 5 nitrogen and oxygen atoms in total. The minimum Gasteiger partial charge on any atom is -0.355 e. The van der Waals surface area contributed by atoms with Crippen LogP contribution in [0.3, 0.4) is 0 Å². The lowest BCUT2D eigenvalue weighted by atomic mass is 10.4. The van der Waals surface area contributed by atoms with Crippen molar-refractivity contribution in [2.24, 2.45) is 0 Å². The zero-order valence-electron chi connectivity index (χ0n) is 13.0. The van der Waals surface area contributed by atoms with Gasteiger partial charge in [0.2, 0.25) is 15.9 Å². The van der Waals surface area contributed by atoms with Crippen LogP contribution < -0.4 is 5.32 Å². The van der Waals surface area contributed by atoms with Gasteiger partial charge >= 0.3 is 0 Å². The van der Waals surface area contributed by atoms with Crippen molar-refractivity contribution in [3.05, 3.63) is 28.2 Å². The van der Waals surface area contributed by atoms with Gasteiger partial charge in [0.25, 0.3) is 0 Å². The van der Waals surface area contributed by atoms with Gasteiger partial charge < -0.3 is 5.32 Å². The van der Waals surface area contributed by atoms with Crippen molar-refractivity contribution >= 4 is 50.9 Å². The number of nitrogens with one attached hydrogen (secondary N) is 1. The second kappa shape index (κ2) is 9.74. The van der Waals surface area contributed by atoms with E-state index in [2.05, 4.69) is 5.32 Å². The molecule has 0 aliphatic rings. The number of sulfonamides is 1. The number of nitrogens with zero attached hydrogens (tertiary/aromatic N) is 1. The van der Waals surface area contributed by atoms with E-state index in [1.54, 1.807) is 25.1 Å². The van der Waals surface area contributed by atoms with Gasteiger partial charge in [0.15, 0.2) is 0 Å². The fourth-order valence-corrected chi connectivity index (χ4v) is 4.08. The molecule has 1 aromatic carbocycles. The number of amides is 1.